The van der Waals surface area contributed by atoms with Crippen LogP contribution >= 0.6 is 11.3 Å². The molecule has 126 valence electrons. The Hall–Kier alpha value is -2.98. The molecule has 1 unspecified atom stereocenters. The zero-order chi connectivity index (χ0) is 17.4. The normalized spacial score (nSPS) is 18.6. The van der Waals surface area contributed by atoms with Gasteiger partial charge in [0.2, 0.25) is 0 Å². The average molecular weight is 355 g/mol. The number of hydrogen-bond donors (Lipinski definition) is 1. The second-order valence-electron chi connectivity index (χ2n) is 6.53. The first kappa shape index (κ1) is 15.3. The van der Waals surface area contributed by atoms with Gasteiger partial charge >= 0.3 is 0 Å². The number of aromatic amines is 1. The number of fused-ring (bicyclic) bond motifs is 1. The molecule has 1 aliphatic rings. The maximum Gasteiger partial charge on any atom is 0.0996 e. The van der Waals surface area contributed by atoms with Crippen LogP contribution in [-0.4, -0.2) is 15.2 Å². The molecule has 1 atom stereocenters. The quantitative estimate of drug-likeness (QED) is 0.556. The van der Waals surface area contributed by atoms with Crippen LogP contribution in [0.2, 0.25) is 0 Å². The third-order valence-electron chi connectivity index (χ3n) is 5.08. The molecular weight excluding hydrogens is 338 g/mol. The Morgan fingerprint density at radius 2 is 1.81 bits per heavy atom. The smallest absolute Gasteiger partial charge is 0.0996 e. The number of hydrogen-bond acceptors (Lipinski definition) is 3. The monoisotopic (exact) mass is 355 g/mol. The fraction of sp³-hybridized carbons (Fsp3) is 0.0909. The number of thiophene rings is 1. The van der Waals surface area contributed by atoms with E-state index in [0.29, 0.717) is 0 Å². The molecule has 0 saturated heterocycles. The fourth-order valence-electron chi connectivity index (χ4n) is 3.77. The highest BCUT2D eigenvalue weighted by Gasteiger charge is 2.37. The van der Waals surface area contributed by atoms with E-state index in [-0.39, 0.29) is 5.41 Å². The number of H-pyrrole nitrogens is 1. The first-order valence-electron chi connectivity index (χ1n) is 8.63. The van der Waals surface area contributed by atoms with Gasteiger partial charge in [0.25, 0.3) is 0 Å². The molecule has 3 nitrogen and oxygen atoms in total. The summed E-state index contributed by atoms with van der Waals surface area (Å²) < 4.78 is 0. The van der Waals surface area contributed by atoms with Gasteiger partial charge in [-0.25, -0.2) is 0 Å². The number of pyridine rings is 1. The maximum absolute atomic E-state index is 4.61. The lowest BCUT2D eigenvalue weighted by molar-refractivity contribution is 0.633. The van der Waals surface area contributed by atoms with Gasteiger partial charge in [-0.05, 0) is 29.1 Å². The molecule has 5 rings (SSSR count). The van der Waals surface area contributed by atoms with E-state index >= 15 is 0 Å². The van der Waals surface area contributed by atoms with E-state index in [0.717, 1.165) is 17.7 Å². The number of aromatic nitrogens is 3. The van der Waals surface area contributed by atoms with Crippen molar-refractivity contribution < 1.29 is 0 Å². The van der Waals surface area contributed by atoms with Gasteiger partial charge in [0.15, 0.2) is 0 Å². The molecular formula is C22H17N3S. The molecule has 0 saturated carbocycles. The highest BCUT2D eigenvalue weighted by Crippen LogP contribution is 2.44. The summed E-state index contributed by atoms with van der Waals surface area (Å²) in [5.41, 5.74) is 5.60. The minimum atomic E-state index is -0.148. The summed E-state index contributed by atoms with van der Waals surface area (Å²) >= 11 is 1.81. The van der Waals surface area contributed by atoms with Crippen molar-refractivity contribution in [2.24, 2.45) is 0 Å². The molecule has 4 heteroatoms. The Kier molecular flexibility index (Phi) is 3.57. The molecule has 0 fully saturated rings. The van der Waals surface area contributed by atoms with Crippen molar-refractivity contribution in [3.8, 4) is 11.3 Å². The van der Waals surface area contributed by atoms with E-state index in [1.165, 1.54) is 21.7 Å². The zero-order valence-corrected chi connectivity index (χ0v) is 14.9. The van der Waals surface area contributed by atoms with Crippen molar-refractivity contribution in [2.45, 2.75) is 11.8 Å². The molecule has 0 aliphatic heterocycles. The minimum absolute atomic E-state index is 0.148. The van der Waals surface area contributed by atoms with Crippen molar-refractivity contribution in [3.05, 3.63) is 100 Å². The van der Waals surface area contributed by atoms with Crippen LogP contribution < -0.4 is 0 Å². The van der Waals surface area contributed by atoms with Crippen LogP contribution in [0, 0.1) is 0 Å². The van der Waals surface area contributed by atoms with Gasteiger partial charge in [-0.15, -0.1) is 11.3 Å². The van der Waals surface area contributed by atoms with Crippen molar-refractivity contribution >= 4 is 17.4 Å². The first-order chi connectivity index (χ1) is 12.9. The molecule has 0 radical (unpaired) electrons. The predicted molar refractivity (Wildman–Crippen MR) is 106 cm³/mol. The van der Waals surface area contributed by atoms with Gasteiger partial charge in [0.05, 0.1) is 11.1 Å². The molecule has 1 N–H and O–H groups in total. The Balaban J connectivity index is 1.65. The molecule has 26 heavy (non-hydrogen) atoms. The molecule has 3 aromatic heterocycles. The lowest BCUT2D eigenvalue weighted by Crippen LogP contribution is -2.29. The summed E-state index contributed by atoms with van der Waals surface area (Å²) in [7, 11) is 0. The van der Waals surface area contributed by atoms with Crippen molar-refractivity contribution in [3.63, 3.8) is 0 Å². The zero-order valence-electron chi connectivity index (χ0n) is 14.1. The van der Waals surface area contributed by atoms with Crippen LogP contribution in [0.15, 0.2) is 78.4 Å². The Morgan fingerprint density at radius 3 is 2.58 bits per heavy atom. The molecule has 0 amide bonds. The van der Waals surface area contributed by atoms with E-state index in [1.807, 2.05) is 35.9 Å². The van der Waals surface area contributed by atoms with Crippen LogP contribution in [0.4, 0.5) is 0 Å². The number of benzene rings is 1. The summed E-state index contributed by atoms with van der Waals surface area (Å²) in [4.78, 5) is 5.46. The molecule has 1 aliphatic carbocycles. The van der Waals surface area contributed by atoms with Gasteiger partial charge in [-0.2, -0.15) is 5.10 Å². The molecule has 4 aromatic rings. The van der Waals surface area contributed by atoms with Gasteiger partial charge in [0, 0.05) is 40.5 Å². The summed E-state index contributed by atoms with van der Waals surface area (Å²) in [6.07, 6.45) is 9.06. The van der Waals surface area contributed by atoms with Crippen molar-refractivity contribution in [1.82, 2.24) is 15.2 Å². The fourth-order valence-corrected chi connectivity index (χ4v) is 4.70. The Morgan fingerprint density at radius 1 is 0.962 bits per heavy atom. The van der Waals surface area contributed by atoms with E-state index in [9.17, 15) is 0 Å². The minimum Gasteiger partial charge on any atom is -0.281 e. The lowest BCUT2D eigenvalue weighted by Gasteiger charge is -2.33. The van der Waals surface area contributed by atoms with Gasteiger partial charge in [-0.1, -0.05) is 48.6 Å². The largest absolute Gasteiger partial charge is 0.281 e. The topological polar surface area (TPSA) is 41.6 Å². The van der Waals surface area contributed by atoms with Gasteiger partial charge in [0.1, 0.15) is 0 Å². The third kappa shape index (κ3) is 2.34. The summed E-state index contributed by atoms with van der Waals surface area (Å²) in [6.45, 7) is 0. The predicted octanol–water partition coefficient (Wildman–Crippen LogP) is 5.09. The summed E-state index contributed by atoms with van der Waals surface area (Å²) in [5.74, 6) is 0. The number of nitrogens with one attached hydrogen (secondary N) is 1. The van der Waals surface area contributed by atoms with E-state index in [1.54, 1.807) is 0 Å². The average Bonchev–Trinajstić information content (AvgIpc) is 3.39. The standard InChI is InChI=1S/C22H17N3S/c1-2-5-17(6-3-1)22(20-7-4-14-26-20)11-8-18-19(15-22)24-25-21(18)16-9-12-23-13-10-16/h1-14H,15H2,(H,24,25). The Bertz CT molecular complexity index is 1050. The van der Waals surface area contributed by atoms with Gasteiger partial charge in [-0.3, -0.25) is 10.1 Å². The Labute approximate surface area is 156 Å². The van der Waals surface area contributed by atoms with Crippen LogP contribution in [0.3, 0.4) is 0 Å². The van der Waals surface area contributed by atoms with Crippen LogP contribution in [0.25, 0.3) is 17.3 Å². The molecule has 0 spiro atoms. The van der Waals surface area contributed by atoms with Crippen molar-refractivity contribution in [1.29, 1.82) is 0 Å². The summed E-state index contributed by atoms with van der Waals surface area (Å²) in [6, 6.07) is 19.1. The lowest BCUT2D eigenvalue weighted by atomic mass is 9.72. The number of rotatable bonds is 3. The van der Waals surface area contributed by atoms with E-state index in [2.05, 4.69) is 75.2 Å². The highest BCUT2D eigenvalue weighted by molar-refractivity contribution is 7.10. The van der Waals surface area contributed by atoms with E-state index in [4.69, 9.17) is 0 Å². The molecule has 0 bridgehead atoms. The molecule has 1 aromatic carbocycles. The number of nitrogens with zero attached hydrogens (tertiary/aromatic N) is 2. The van der Waals surface area contributed by atoms with Crippen LogP contribution in [0.1, 0.15) is 21.7 Å². The van der Waals surface area contributed by atoms with Gasteiger partial charge < -0.3 is 0 Å². The van der Waals surface area contributed by atoms with Crippen molar-refractivity contribution in [2.75, 3.05) is 0 Å². The first-order valence-corrected chi connectivity index (χ1v) is 9.51. The second-order valence-corrected chi connectivity index (χ2v) is 7.47. The molecule has 3 heterocycles. The second kappa shape index (κ2) is 6.07. The SMILES string of the molecule is C1=CC(c2ccccc2)(c2cccs2)Cc2[nH]nc(-c3ccncc3)c21. The third-order valence-corrected chi connectivity index (χ3v) is 6.12. The van der Waals surface area contributed by atoms with Crippen LogP contribution in [0.5, 0.6) is 0 Å². The van der Waals surface area contributed by atoms with E-state index < -0.39 is 0 Å². The van der Waals surface area contributed by atoms with Crippen LogP contribution in [-0.2, 0) is 11.8 Å². The maximum atomic E-state index is 4.61. The highest BCUT2D eigenvalue weighted by atomic mass is 32.1. The number of allylic oxidation sites excluding steroid dienone is 1. The summed E-state index contributed by atoms with van der Waals surface area (Å²) in [5, 5.41) is 10.1.